The van der Waals surface area contributed by atoms with E-state index in [2.05, 4.69) is 24.1 Å². The molecule has 0 radical (unpaired) electrons. The summed E-state index contributed by atoms with van der Waals surface area (Å²) in [5.41, 5.74) is 2.78. The summed E-state index contributed by atoms with van der Waals surface area (Å²) < 4.78 is 11.1. The van der Waals surface area contributed by atoms with Crippen LogP contribution in [-0.2, 0) is 4.79 Å². The first-order chi connectivity index (χ1) is 13.5. The number of nitrogens with zero attached hydrogens (tertiary/aromatic N) is 1. The molecule has 2 aromatic rings. The van der Waals surface area contributed by atoms with Gasteiger partial charge in [0, 0.05) is 30.5 Å². The molecule has 0 aliphatic heterocycles. The largest absolute Gasteiger partial charge is 0.493 e. The van der Waals surface area contributed by atoms with Crippen LogP contribution in [0.5, 0.6) is 11.5 Å². The summed E-state index contributed by atoms with van der Waals surface area (Å²) in [4.78, 5) is 14.5. The lowest BCUT2D eigenvalue weighted by atomic mass is 10.2. The Labute approximate surface area is 168 Å². The Hall–Kier alpha value is -2.95. The van der Waals surface area contributed by atoms with Gasteiger partial charge in [-0.2, -0.15) is 0 Å². The first-order valence-corrected chi connectivity index (χ1v) is 9.65. The van der Waals surface area contributed by atoms with Crippen molar-refractivity contribution in [2.75, 3.05) is 30.4 Å². The normalized spacial score (nSPS) is 10.9. The van der Waals surface area contributed by atoms with Crippen molar-refractivity contribution >= 4 is 23.4 Å². The molecule has 0 aliphatic rings. The number of amides is 1. The van der Waals surface area contributed by atoms with Gasteiger partial charge in [0.25, 0.3) is 0 Å². The van der Waals surface area contributed by atoms with Gasteiger partial charge in [0.15, 0.2) is 11.5 Å². The number of carbonyl (C=O) groups is 1. The second-order valence-corrected chi connectivity index (χ2v) is 6.62. The highest BCUT2D eigenvalue weighted by Gasteiger charge is 2.07. The molecule has 5 heteroatoms. The minimum absolute atomic E-state index is 0.0641. The Morgan fingerprint density at radius 3 is 2.32 bits per heavy atom. The molecule has 0 aliphatic carbocycles. The van der Waals surface area contributed by atoms with Crippen LogP contribution in [0, 0.1) is 0 Å². The quantitative estimate of drug-likeness (QED) is 0.622. The topological polar surface area (TPSA) is 50.8 Å². The third-order valence-corrected chi connectivity index (χ3v) is 4.24. The summed E-state index contributed by atoms with van der Waals surface area (Å²) in [6.07, 6.45) is 3.33. The van der Waals surface area contributed by atoms with Crippen LogP contribution < -0.4 is 19.7 Å². The minimum atomic E-state index is -0.183. The SMILES string of the molecule is CCN(CC)c1ccc(NC(=O)C=Cc2ccc(OC(C)C)c(OC)c2)cc1. The molecule has 0 unspecified atom stereocenters. The number of methoxy groups -OCH3 is 1. The van der Waals surface area contributed by atoms with E-state index in [4.69, 9.17) is 9.47 Å². The van der Waals surface area contributed by atoms with Crippen molar-refractivity contribution in [3.8, 4) is 11.5 Å². The predicted octanol–water partition coefficient (Wildman–Crippen LogP) is 4.98. The maximum atomic E-state index is 12.2. The monoisotopic (exact) mass is 382 g/mol. The number of anilines is 2. The van der Waals surface area contributed by atoms with Crippen LogP contribution in [0.15, 0.2) is 48.5 Å². The summed E-state index contributed by atoms with van der Waals surface area (Å²) in [7, 11) is 1.60. The van der Waals surface area contributed by atoms with Crippen molar-refractivity contribution in [2.45, 2.75) is 33.8 Å². The Kier molecular flexibility index (Phi) is 7.93. The molecule has 0 heterocycles. The Balaban J connectivity index is 2.01. The Morgan fingerprint density at radius 1 is 1.07 bits per heavy atom. The second-order valence-electron chi connectivity index (χ2n) is 6.62. The Bertz CT molecular complexity index is 794. The van der Waals surface area contributed by atoms with Crippen LogP contribution in [-0.4, -0.2) is 32.2 Å². The van der Waals surface area contributed by atoms with Crippen molar-refractivity contribution in [2.24, 2.45) is 0 Å². The second kappa shape index (κ2) is 10.4. The van der Waals surface area contributed by atoms with Crippen molar-refractivity contribution in [3.63, 3.8) is 0 Å². The van der Waals surface area contributed by atoms with Crippen LogP contribution in [0.2, 0.25) is 0 Å². The molecular formula is C23H30N2O3. The number of hydrogen-bond donors (Lipinski definition) is 1. The zero-order chi connectivity index (χ0) is 20.5. The number of rotatable bonds is 9. The van der Waals surface area contributed by atoms with Gasteiger partial charge in [-0.15, -0.1) is 0 Å². The predicted molar refractivity (Wildman–Crippen MR) is 116 cm³/mol. The number of benzene rings is 2. The zero-order valence-electron chi connectivity index (χ0n) is 17.4. The van der Waals surface area contributed by atoms with E-state index in [0.717, 1.165) is 30.0 Å². The fraction of sp³-hybridized carbons (Fsp3) is 0.348. The standard InChI is InChI=1S/C23H30N2O3/c1-6-25(7-2)20-12-10-19(11-13-20)24-23(26)15-9-18-8-14-21(28-17(3)4)22(16-18)27-5/h8-17H,6-7H2,1-5H3,(H,24,26). The highest BCUT2D eigenvalue weighted by atomic mass is 16.5. The lowest BCUT2D eigenvalue weighted by Gasteiger charge is -2.21. The molecule has 0 fully saturated rings. The summed E-state index contributed by atoms with van der Waals surface area (Å²) >= 11 is 0. The minimum Gasteiger partial charge on any atom is -0.493 e. The number of hydrogen-bond acceptors (Lipinski definition) is 4. The highest BCUT2D eigenvalue weighted by molar-refractivity contribution is 6.02. The van der Waals surface area contributed by atoms with Crippen molar-refractivity contribution in [1.29, 1.82) is 0 Å². The molecule has 1 amide bonds. The average molecular weight is 383 g/mol. The van der Waals surface area contributed by atoms with E-state index in [0.29, 0.717) is 11.5 Å². The van der Waals surface area contributed by atoms with E-state index < -0.39 is 0 Å². The molecular weight excluding hydrogens is 352 g/mol. The van der Waals surface area contributed by atoms with Gasteiger partial charge in [0.05, 0.1) is 13.2 Å². The molecule has 28 heavy (non-hydrogen) atoms. The van der Waals surface area contributed by atoms with E-state index in [1.54, 1.807) is 13.2 Å². The van der Waals surface area contributed by atoms with E-state index >= 15 is 0 Å². The van der Waals surface area contributed by atoms with Gasteiger partial charge in [-0.05, 0) is 75.7 Å². The van der Waals surface area contributed by atoms with Gasteiger partial charge >= 0.3 is 0 Å². The molecule has 0 aromatic heterocycles. The van der Waals surface area contributed by atoms with Gasteiger partial charge in [0.2, 0.25) is 5.91 Å². The third kappa shape index (κ3) is 6.05. The van der Waals surface area contributed by atoms with Crippen LogP contribution in [0.3, 0.4) is 0 Å². The van der Waals surface area contributed by atoms with Crippen LogP contribution in [0.1, 0.15) is 33.3 Å². The molecule has 0 saturated carbocycles. The summed E-state index contributed by atoms with van der Waals surface area (Å²) in [5.74, 6) is 1.15. The molecule has 5 nitrogen and oxygen atoms in total. The molecule has 0 atom stereocenters. The maximum Gasteiger partial charge on any atom is 0.248 e. The van der Waals surface area contributed by atoms with Gasteiger partial charge in [-0.3, -0.25) is 4.79 Å². The maximum absolute atomic E-state index is 12.2. The van der Waals surface area contributed by atoms with Crippen molar-refractivity contribution in [3.05, 3.63) is 54.1 Å². The van der Waals surface area contributed by atoms with Crippen LogP contribution in [0.4, 0.5) is 11.4 Å². The summed E-state index contributed by atoms with van der Waals surface area (Å²) in [6.45, 7) is 10.1. The van der Waals surface area contributed by atoms with Crippen molar-refractivity contribution in [1.82, 2.24) is 0 Å². The van der Waals surface area contributed by atoms with E-state index in [9.17, 15) is 4.79 Å². The van der Waals surface area contributed by atoms with Crippen molar-refractivity contribution < 1.29 is 14.3 Å². The van der Waals surface area contributed by atoms with Gasteiger partial charge in [-0.25, -0.2) is 0 Å². The molecule has 2 rings (SSSR count). The van der Waals surface area contributed by atoms with Crippen LogP contribution in [0.25, 0.3) is 6.08 Å². The smallest absolute Gasteiger partial charge is 0.248 e. The summed E-state index contributed by atoms with van der Waals surface area (Å²) in [5, 5.41) is 2.88. The van der Waals surface area contributed by atoms with E-state index in [-0.39, 0.29) is 12.0 Å². The van der Waals surface area contributed by atoms with Gasteiger partial charge < -0.3 is 19.7 Å². The lowest BCUT2D eigenvalue weighted by Crippen LogP contribution is -2.21. The molecule has 150 valence electrons. The highest BCUT2D eigenvalue weighted by Crippen LogP contribution is 2.29. The van der Waals surface area contributed by atoms with E-state index in [1.165, 1.54) is 6.08 Å². The molecule has 0 spiro atoms. The first-order valence-electron chi connectivity index (χ1n) is 9.65. The fourth-order valence-electron chi connectivity index (χ4n) is 2.84. The molecule has 2 aromatic carbocycles. The molecule has 0 bridgehead atoms. The summed E-state index contributed by atoms with van der Waals surface area (Å²) in [6, 6.07) is 13.5. The first kappa shape index (κ1) is 21.4. The van der Waals surface area contributed by atoms with Gasteiger partial charge in [-0.1, -0.05) is 6.07 Å². The number of nitrogens with one attached hydrogen (secondary N) is 1. The zero-order valence-corrected chi connectivity index (χ0v) is 17.4. The molecule has 0 saturated heterocycles. The number of carbonyl (C=O) groups excluding carboxylic acids is 1. The fourth-order valence-corrected chi connectivity index (χ4v) is 2.84. The van der Waals surface area contributed by atoms with Gasteiger partial charge in [0.1, 0.15) is 0 Å². The molecule has 1 N–H and O–H groups in total. The number of ether oxygens (including phenoxy) is 2. The Morgan fingerprint density at radius 2 is 1.75 bits per heavy atom. The van der Waals surface area contributed by atoms with Crippen LogP contribution >= 0.6 is 0 Å². The average Bonchev–Trinajstić information content (AvgIpc) is 2.69. The third-order valence-electron chi connectivity index (χ3n) is 4.24. The van der Waals surface area contributed by atoms with E-state index in [1.807, 2.05) is 56.3 Å². The lowest BCUT2D eigenvalue weighted by molar-refractivity contribution is -0.111.